The van der Waals surface area contributed by atoms with Crippen molar-refractivity contribution in [2.24, 2.45) is 3.96 Å². The van der Waals surface area contributed by atoms with E-state index in [0.29, 0.717) is 22.4 Å². The van der Waals surface area contributed by atoms with Crippen LogP contribution in [0.4, 0.5) is 11.4 Å². The maximum absolute atomic E-state index is 6.39. The minimum absolute atomic E-state index is 0.561. The van der Waals surface area contributed by atoms with Crippen molar-refractivity contribution in [3.8, 4) is 0 Å². The molecule has 0 aliphatic carbocycles. The van der Waals surface area contributed by atoms with Gasteiger partial charge in [-0.25, -0.2) is 0 Å². The summed E-state index contributed by atoms with van der Waals surface area (Å²) in [6, 6.07) is 0. The molecule has 2 N–H and O–H groups in total. The van der Waals surface area contributed by atoms with Crippen LogP contribution in [0.1, 0.15) is 0 Å². The Balaban J connectivity index is 2.30. The van der Waals surface area contributed by atoms with Crippen molar-refractivity contribution in [3.05, 3.63) is 11.0 Å². The second-order valence-corrected chi connectivity index (χ2v) is 6.72. The van der Waals surface area contributed by atoms with Gasteiger partial charge in [-0.2, -0.15) is 0 Å². The summed E-state index contributed by atoms with van der Waals surface area (Å²) in [6.45, 7) is 0. The second-order valence-electron chi connectivity index (χ2n) is 4.63. The third-order valence-corrected chi connectivity index (χ3v) is 5.70. The van der Waals surface area contributed by atoms with Crippen molar-refractivity contribution in [1.82, 2.24) is 20.3 Å². The van der Waals surface area contributed by atoms with Crippen LogP contribution >= 0.6 is 22.7 Å². The molecule has 0 unspecified atom stereocenters. The number of fused-ring (bicyclic) bond motifs is 8. The molecule has 3 aromatic heterocycles. The van der Waals surface area contributed by atoms with Crippen molar-refractivity contribution in [1.29, 1.82) is 0 Å². The van der Waals surface area contributed by atoms with Crippen LogP contribution in [-0.2, 0) is 0 Å². The summed E-state index contributed by atoms with van der Waals surface area (Å²) < 4.78 is 11.1. The van der Waals surface area contributed by atoms with E-state index in [9.17, 15) is 0 Å². The van der Waals surface area contributed by atoms with Crippen molar-refractivity contribution in [2.45, 2.75) is 0 Å². The summed E-state index contributed by atoms with van der Waals surface area (Å²) in [5.74, 6) is 0. The predicted octanol–water partition coefficient (Wildman–Crippen LogP) is 3.16. The number of rotatable bonds is 1. The molecule has 106 valence electrons. The van der Waals surface area contributed by atoms with Gasteiger partial charge in [-0.1, -0.05) is 0 Å². The van der Waals surface area contributed by atoms with Gasteiger partial charge in [0.1, 0.15) is 0 Å². The summed E-state index contributed by atoms with van der Waals surface area (Å²) in [7, 11) is 0. The Kier molecular flexibility index (Phi) is 2.43. The zero-order valence-electron chi connectivity index (χ0n) is 10.6. The van der Waals surface area contributed by atoms with Gasteiger partial charge in [0.15, 0.2) is 0 Å². The van der Waals surface area contributed by atoms with Gasteiger partial charge in [0, 0.05) is 0 Å². The van der Waals surface area contributed by atoms with E-state index in [0.717, 1.165) is 31.2 Å². The molecule has 0 saturated heterocycles. The molecule has 22 heavy (non-hydrogen) atoms. The molecule has 0 aliphatic rings. The zero-order valence-corrected chi connectivity index (χ0v) is 13.9. The van der Waals surface area contributed by atoms with Gasteiger partial charge >= 0.3 is 138 Å². The van der Waals surface area contributed by atoms with Crippen LogP contribution in [0.25, 0.3) is 42.2 Å². The third-order valence-electron chi connectivity index (χ3n) is 3.63. The van der Waals surface area contributed by atoms with Crippen LogP contribution in [0, 0.1) is 0 Å². The van der Waals surface area contributed by atoms with Crippen LogP contribution in [0.15, 0.2) is 19.6 Å². The second kappa shape index (κ2) is 4.26. The normalized spacial score (nSPS) is 12.0. The molecule has 0 atom stereocenters. The molecular weight excluding hydrogens is 387 g/mol. The van der Waals surface area contributed by atoms with E-state index in [1.54, 1.807) is 11.0 Å². The molecule has 7 nitrogen and oxygen atoms in total. The van der Waals surface area contributed by atoms with E-state index >= 15 is 0 Å². The fourth-order valence-electron chi connectivity index (χ4n) is 2.74. The molecule has 0 fully saturated rings. The zero-order chi connectivity index (χ0) is 14.8. The van der Waals surface area contributed by atoms with Gasteiger partial charge in [0.25, 0.3) is 0 Å². The number of nitrogens with two attached hydrogens (primary N) is 1. The van der Waals surface area contributed by atoms with Gasteiger partial charge in [-0.05, 0) is 0 Å². The fourth-order valence-corrected chi connectivity index (χ4v) is 4.82. The topological polar surface area (TPSA) is 103 Å². The maximum atomic E-state index is 6.39. The third kappa shape index (κ3) is 1.35. The summed E-state index contributed by atoms with van der Waals surface area (Å²) >= 11 is 5.70. The number of thiazole rings is 2. The molecule has 0 radical (unpaired) electrons. The van der Waals surface area contributed by atoms with Gasteiger partial charge < -0.3 is 0 Å². The summed E-state index contributed by atoms with van der Waals surface area (Å²) in [5.41, 5.74) is 13.9. The van der Waals surface area contributed by atoms with E-state index in [-0.39, 0.29) is 0 Å². The Bertz CT molecular complexity index is 1220. The summed E-state index contributed by atoms with van der Waals surface area (Å²) in [5, 5.41) is 9.85. The van der Waals surface area contributed by atoms with Crippen LogP contribution in [0.3, 0.4) is 0 Å². The fraction of sp³-hybridized carbons (Fsp3) is 0. The average molecular weight is 391 g/mol. The molecule has 0 bridgehead atoms. The van der Waals surface area contributed by atoms with Crippen LogP contribution in [-0.4, -0.2) is 36.1 Å². The SMILES string of the molecule is Nc1c(N=[Se])c2ncsc2c2c3nonc3c3ncsc3c12. The summed E-state index contributed by atoms with van der Waals surface area (Å²) in [6.07, 6.45) is 0. The van der Waals surface area contributed by atoms with E-state index in [4.69, 9.17) is 10.4 Å². The van der Waals surface area contributed by atoms with Crippen LogP contribution < -0.4 is 5.73 Å². The van der Waals surface area contributed by atoms with Crippen LogP contribution in [0.2, 0.25) is 0 Å². The number of benzene rings is 2. The molecule has 2 aromatic carbocycles. The quantitative estimate of drug-likeness (QED) is 0.348. The predicted molar refractivity (Wildman–Crippen MR) is 87.9 cm³/mol. The van der Waals surface area contributed by atoms with Crippen LogP contribution in [0.5, 0.6) is 0 Å². The van der Waals surface area contributed by atoms with Gasteiger partial charge in [0.05, 0.1) is 0 Å². The molecule has 10 heteroatoms. The Hall–Kier alpha value is -2.00. The van der Waals surface area contributed by atoms with E-state index in [1.807, 2.05) is 0 Å². The first-order chi connectivity index (χ1) is 10.8. The molecule has 0 spiro atoms. The molecular formula is C12H4N6OS2Se. The Morgan fingerprint density at radius 1 is 0.955 bits per heavy atom. The first-order valence-corrected chi connectivity index (χ1v) is 8.63. The Morgan fingerprint density at radius 2 is 1.64 bits per heavy atom. The Labute approximate surface area is 137 Å². The first-order valence-electron chi connectivity index (χ1n) is 6.10. The monoisotopic (exact) mass is 392 g/mol. The van der Waals surface area contributed by atoms with E-state index in [2.05, 4.69) is 40.1 Å². The van der Waals surface area contributed by atoms with Crippen molar-refractivity contribution >= 4 is 92.1 Å². The Morgan fingerprint density at radius 3 is 2.41 bits per heavy atom. The summed E-state index contributed by atoms with van der Waals surface area (Å²) in [4.78, 5) is 8.78. The number of hydrogen-bond donors (Lipinski definition) is 1. The molecule has 0 saturated carbocycles. The van der Waals surface area contributed by atoms with Crippen molar-refractivity contribution < 1.29 is 4.63 Å². The molecule has 5 rings (SSSR count). The average Bonchev–Trinajstić information content (AvgIpc) is 3.25. The van der Waals surface area contributed by atoms with Crippen molar-refractivity contribution in [3.63, 3.8) is 0 Å². The number of nitrogen functional groups attached to an aromatic ring is 1. The minimum atomic E-state index is 0.561. The number of hydrogen-bond acceptors (Lipinski definition) is 9. The number of aromatic nitrogens is 4. The standard InChI is InChI=1S/C12H4N6OS2Se/c13-5-3-4(12-9(7(5)18-22)14-1-21-12)6-8(17-19-16-6)10-11(3)20-2-15-10/h1-2H,13H2. The van der Waals surface area contributed by atoms with Gasteiger partial charge in [-0.15, -0.1) is 0 Å². The molecule has 3 heterocycles. The van der Waals surface area contributed by atoms with Gasteiger partial charge in [-0.3, -0.25) is 0 Å². The number of anilines is 1. The first kappa shape index (κ1) is 12.5. The molecule has 0 amide bonds. The van der Waals surface area contributed by atoms with E-state index < -0.39 is 0 Å². The molecule has 0 aliphatic heterocycles. The van der Waals surface area contributed by atoms with Crippen molar-refractivity contribution in [2.75, 3.05) is 5.73 Å². The molecule has 5 aromatic rings. The van der Waals surface area contributed by atoms with E-state index in [1.165, 1.54) is 22.7 Å². The van der Waals surface area contributed by atoms with Gasteiger partial charge in [0.2, 0.25) is 0 Å². The number of nitrogens with zero attached hydrogens (tertiary/aromatic N) is 5.